The largest absolute Gasteiger partial charge is 0.207 e. The highest BCUT2D eigenvalue weighted by Crippen LogP contribution is 2.27. The molecule has 0 unspecified atom stereocenters. The van der Waals surface area contributed by atoms with Crippen molar-refractivity contribution in [3.63, 3.8) is 0 Å². The van der Waals surface area contributed by atoms with Gasteiger partial charge in [-0.2, -0.15) is 4.37 Å². The number of benzene rings is 1. The highest BCUT2D eigenvalue weighted by molar-refractivity contribution is 7.09. The van der Waals surface area contributed by atoms with E-state index in [0.29, 0.717) is 5.56 Å². The first-order valence-corrected chi connectivity index (χ1v) is 4.83. The predicted octanol–water partition coefficient (Wildman–Crippen LogP) is 3.40. The minimum Gasteiger partial charge on any atom is -0.207 e. The van der Waals surface area contributed by atoms with Crippen LogP contribution in [0, 0.1) is 18.6 Å². The number of rotatable bonds is 1. The highest BCUT2D eigenvalue weighted by Gasteiger charge is 2.08. The van der Waals surface area contributed by atoms with Crippen LogP contribution < -0.4 is 0 Å². The third-order valence-electron chi connectivity index (χ3n) is 1.82. The summed E-state index contributed by atoms with van der Waals surface area (Å²) in [5, 5.41) is 0. The van der Waals surface area contributed by atoms with E-state index in [0.717, 1.165) is 16.6 Å². The summed E-state index contributed by atoms with van der Waals surface area (Å²) >= 11 is 1.21. The van der Waals surface area contributed by atoms with Crippen molar-refractivity contribution in [2.24, 2.45) is 0 Å². The second-order valence-corrected chi connectivity index (χ2v) is 3.76. The average molecular weight is 211 g/mol. The van der Waals surface area contributed by atoms with Gasteiger partial charge in [0.25, 0.3) is 0 Å². The molecule has 0 amide bonds. The molecule has 0 bridgehead atoms. The molecule has 2 rings (SSSR count). The minimum atomic E-state index is -0.563. The summed E-state index contributed by atoms with van der Waals surface area (Å²) in [4.78, 5) is 0.722. The zero-order valence-corrected chi connectivity index (χ0v) is 8.24. The van der Waals surface area contributed by atoms with Gasteiger partial charge in [0.1, 0.15) is 11.6 Å². The first kappa shape index (κ1) is 9.27. The van der Waals surface area contributed by atoms with Gasteiger partial charge in [0.15, 0.2) is 0 Å². The Morgan fingerprint density at radius 2 is 2.00 bits per heavy atom. The van der Waals surface area contributed by atoms with E-state index in [9.17, 15) is 8.78 Å². The summed E-state index contributed by atoms with van der Waals surface area (Å²) in [6.07, 6.45) is 0. The van der Waals surface area contributed by atoms with Crippen LogP contribution in [0.25, 0.3) is 10.4 Å². The maximum Gasteiger partial charge on any atom is 0.134 e. The van der Waals surface area contributed by atoms with E-state index in [2.05, 4.69) is 4.37 Å². The van der Waals surface area contributed by atoms with Gasteiger partial charge in [-0.05, 0) is 36.7 Å². The summed E-state index contributed by atoms with van der Waals surface area (Å²) in [5.41, 5.74) is 1.24. The van der Waals surface area contributed by atoms with Crippen LogP contribution >= 0.6 is 11.5 Å². The van der Waals surface area contributed by atoms with E-state index in [1.165, 1.54) is 23.7 Å². The topological polar surface area (TPSA) is 12.9 Å². The molecule has 0 aliphatic rings. The number of hydrogen-bond acceptors (Lipinski definition) is 2. The maximum absolute atomic E-state index is 13.3. The molecule has 0 aliphatic carbocycles. The van der Waals surface area contributed by atoms with E-state index in [-0.39, 0.29) is 0 Å². The zero-order chi connectivity index (χ0) is 10.1. The molecule has 1 aromatic carbocycles. The van der Waals surface area contributed by atoms with Gasteiger partial charge in [0, 0.05) is 11.6 Å². The first-order chi connectivity index (χ1) is 6.66. The molecule has 1 aromatic heterocycles. The molecular weight excluding hydrogens is 204 g/mol. The third-order valence-corrected chi connectivity index (χ3v) is 2.74. The fraction of sp³-hybridized carbons (Fsp3) is 0.100. The average Bonchev–Trinajstić information content (AvgIpc) is 2.51. The van der Waals surface area contributed by atoms with Crippen LogP contribution in [0.2, 0.25) is 0 Å². The summed E-state index contributed by atoms with van der Waals surface area (Å²) in [6, 6.07) is 5.33. The molecule has 1 nitrogen and oxygen atoms in total. The SMILES string of the molecule is Cc1cc(-c2ccc(F)cc2F)sn1. The molecule has 0 N–H and O–H groups in total. The lowest BCUT2D eigenvalue weighted by Crippen LogP contribution is -1.83. The fourth-order valence-electron chi connectivity index (χ4n) is 1.18. The van der Waals surface area contributed by atoms with Crippen molar-refractivity contribution in [1.29, 1.82) is 0 Å². The Labute approximate surface area is 84.2 Å². The Morgan fingerprint density at radius 3 is 2.57 bits per heavy atom. The van der Waals surface area contributed by atoms with Crippen molar-refractivity contribution < 1.29 is 8.78 Å². The molecule has 4 heteroatoms. The summed E-state index contributed by atoms with van der Waals surface area (Å²) in [5.74, 6) is -1.11. The lowest BCUT2D eigenvalue weighted by atomic mass is 10.1. The Morgan fingerprint density at radius 1 is 1.21 bits per heavy atom. The molecule has 2 aromatic rings. The van der Waals surface area contributed by atoms with E-state index >= 15 is 0 Å². The maximum atomic E-state index is 13.3. The molecule has 1 heterocycles. The monoisotopic (exact) mass is 211 g/mol. The predicted molar refractivity (Wildman–Crippen MR) is 52.2 cm³/mol. The minimum absolute atomic E-state index is 0.400. The molecular formula is C10H7F2NS. The number of aryl methyl sites for hydroxylation is 1. The first-order valence-electron chi connectivity index (χ1n) is 4.05. The van der Waals surface area contributed by atoms with Crippen molar-refractivity contribution in [3.8, 4) is 10.4 Å². The number of nitrogens with zero attached hydrogens (tertiary/aromatic N) is 1. The second kappa shape index (κ2) is 3.46. The Hall–Kier alpha value is -1.29. The van der Waals surface area contributed by atoms with Gasteiger partial charge in [-0.25, -0.2) is 8.78 Å². The third kappa shape index (κ3) is 1.65. The van der Waals surface area contributed by atoms with Gasteiger partial charge in [0.05, 0.1) is 10.6 Å². The van der Waals surface area contributed by atoms with Gasteiger partial charge in [-0.15, -0.1) is 0 Å². The van der Waals surface area contributed by atoms with Gasteiger partial charge < -0.3 is 0 Å². The van der Waals surface area contributed by atoms with Crippen molar-refractivity contribution in [3.05, 3.63) is 41.6 Å². The van der Waals surface area contributed by atoms with Gasteiger partial charge in [0.2, 0.25) is 0 Å². The zero-order valence-electron chi connectivity index (χ0n) is 7.42. The Bertz CT molecular complexity index is 465. The van der Waals surface area contributed by atoms with Crippen LogP contribution in [-0.4, -0.2) is 4.37 Å². The molecule has 0 atom stereocenters. The lowest BCUT2D eigenvalue weighted by molar-refractivity contribution is 0.586. The van der Waals surface area contributed by atoms with Crippen LogP contribution in [-0.2, 0) is 0 Å². The molecule has 0 fully saturated rings. The second-order valence-electron chi connectivity index (χ2n) is 2.96. The molecule has 0 radical (unpaired) electrons. The van der Waals surface area contributed by atoms with Crippen LogP contribution in [0.5, 0.6) is 0 Å². The highest BCUT2D eigenvalue weighted by atomic mass is 32.1. The molecule has 0 aliphatic heterocycles. The number of halogens is 2. The van der Waals surface area contributed by atoms with E-state index in [1.807, 2.05) is 6.92 Å². The van der Waals surface area contributed by atoms with Crippen LogP contribution in [0.15, 0.2) is 24.3 Å². The molecule has 0 saturated carbocycles. The summed E-state index contributed by atoms with van der Waals surface area (Å²) in [7, 11) is 0. The van der Waals surface area contributed by atoms with Crippen LogP contribution in [0.4, 0.5) is 8.78 Å². The van der Waals surface area contributed by atoms with Gasteiger partial charge >= 0.3 is 0 Å². The fourth-order valence-corrected chi connectivity index (χ4v) is 1.96. The van der Waals surface area contributed by atoms with Crippen molar-refractivity contribution >= 4 is 11.5 Å². The van der Waals surface area contributed by atoms with Crippen LogP contribution in [0.3, 0.4) is 0 Å². The normalized spacial score (nSPS) is 10.5. The quantitative estimate of drug-likeness (QED) is 0.704. The Balaban J connectivity index is 2.52. The number of hydrogen-bond donors (Lipinski definition) is 0. The summed E-state index contributed by atoms with van der Waals surface area (Å²) < 4.78 is 29.9. The van der Waals surface area contributed by atoms with Gasteiger partial charge in [-0.1, -0.05) is 0 Å². The lowest BCUT2D eigenvalue weighted by Gasteiger charge is -1.98. The Kier molecular flexibility index (Phi) is 2.29. The molecule has 72 valence electrons. The molecule has 0 saturated heterocycles. The standard InChI is InChI=1S/C10H7F2NS/c1-6-4-10(14-13-6)8-3-2-7(11)5-9(8)12/h2-5H,1H3. The van der Waals surface area contributed by atoms with Crippen LogP contribution in [0.1, 0.15) is 5.69 Å². The van der Waals surface area contributed by atoms with E-state index < -0.39 is 11.6 Å². The molecule has 0 spiro atoms. The van der Waals surface area contributed by atoms with Crippen molar-refractivity contribution in [1.82, 2.24) is 4.37 Å². The van der Waals surface area contributed by atoms with E-state index in [4.69, 9.17) is 0 Å². The molecule has 14 heavy (non-hydrogen) atoms. The summed E-state index contributed by atoms with van der Waals surface area (Å²) in [6.45, 7) is 1.83. The van der Waals surface area contributed by atoms with E-state index in [1.54, 1.807) is 6.07 Å². The van der Waals surface area contributed by atoms with Gasteiger partial charge in [-0.3, -0.25) is 0 Å². The number of aromatic nitrogens is 1. The smallest absolute Gasteiger partial charge is 0.134 e. The van der Waals surface area contributed by atoms with Crippen molar-refractivity contribution in [2.75, 3.05) is 0 Å². The van der Waals surface area contributed by atoms with Crippen molar-refractivity contribution in [2.45, 2.75) is 6.92 Å².